The van der Waals surface area contributed by atoms with E-state index in [9.17, 15) is 17.8 Å². The van der Waals surface area contributed by atoms with Gasteiger partial charge in [-0.3, -0.25) is 15.0 Å². The highest BCUT2D eigenvalue weighted by molar-refractivity contribution is 7.85. The summed E-state index contributed by atoms with van der Waals surface area (Å²) in [4.78, 5) is 15.7. The van der Waals surface area contributed by atoms with E-state index in [-0.39, 0.29) is 6.42 Å². The van der Waals surface area contributed by atoms with Crippen LogP contribution in [-0.2, 0) is 20.5 Å². The Morgan fingerprint density at radius 3 is 2.08 bits per heavy atom. The molecule has 2 unspecified atom stereocenters. The lowest BCUT2D eigenvalue weighted by Crippen LogP contribution is -2.52. The van der Waals surface area contributed by atoms with Gasteiger partial charge in [-0.05, 0) is 65.4 Å². The zero-order chi connectivity index (χ0) is 30.6. The van der Waals surface area contributed by atoms with Crippen LogP contribution >= 0.6 is 0 Å². The zero-order valence-electron chi connectivity index (χ0n) is 25.7. The molecule has 0 spiro atoms. The molecule has 0 aromatic carbocycles. The van der Waals surface area contributed by atoms with Gasteiger partial charge in [0.15, 0.2) is 0 Å². The number of hydrogen-bond donors (Lipinski definition) is 2. The van der Waals surface area contributed by atoms with E-state index in [1.54, 1.807) is 32.7 Å². The average molecular weight is 570 g/mol. The Morgan fingerprint density at radius 1 is 1.21 bits per heavy atom. The summed E-state index contributed by atoms with van der Waals surface area (Å²) in [6, 6.07) is 0. The molecule has 1 heterocycles. The van der Waals surface area contributed by atoms with E-state index in [1.165, 1.54) is 0 Å². The fraction of sp³-hybridized carbons (Fsp3) is 0.786. The minimum Gasteiger partial charge on any atom is -0.385 e. The zero-order valence-corrected chi connectivity index (χ0v) is 26.6. The number of aliphatic imine (C=N–C) groups is 1. The Labute approximate surface area is 234 Å². The molecule has 0 aliphatic carbocycles. The molecular formula is C28H57F2N3O4S. The van der Waals surface area contributed by atoms with Crippen molar-refractivity contribution in [2.24, 2.45) is 4.99 Å². The van der Waals surface area contributed by atoms with Crippen molar-refractivity contribution >= 4 is 23.1 Å². The minimum atomic E-state index is -2.21. The minimum absolute atomic E-state index is 0.0601. The SMILES string of the molecule is C=C(C=N/C(C)=C\C)CCCC(F)F.CC.CC.CCC(C)(C(=O)NO)S(=O)N1CCCCC1.CCOC. The molecule has 1 amide bonds. The van der Waals surface area contributed by atoms with E-state index in [4.69, 9.17) is 5.21 Å². The number of nitrogens with one attached hydrogen (secondary N) is 1. The molecular weight excluding hydrogens is 512 g/mol. The van der Waals surface area contributed by atoms with Gasteiger partial charge >= 0.3 is 0 Å². The lowest BCUT2D eigenvalue weighted by atomic mass is 10.1. The Balaban J connectivity index is -0.000000240. The van der Waals surface area contributed by atoms with Gasteiger partial charge in [0.25, 0.3) is 5.91 Å². The van der Waals surface area contributed by atoms with Crippen LogP contribution in [0.5, 0.6) is 0 Å². The number of allylic oxidation sites excluding steroid dienone is 3. The van der Waals surface area contributed by atoms with Crippen molar-refractivity contribution in [3.63, 3.8) is 0 Å². The van der Waals surface area contributed by atoms with Crippen molar-refractivity contribution in [1.82, 2.24) is 9.79 Å². The van der Waals surface area contributed by atoms with Crippen molar-refractivity contribution in [1.29, 1.82) is 0 Å². The highest BCUT2D eigenvalue weighted by Crippen LogP contribution is 2.24. The second-order valence-electron chi connectivity index (χ2n) is 7.97. The lowest BCUT2D eigenvalue weighted by molar-refractivity contribution is -0.131. The molecule has 1 fully saturated rings. The van der Waals surface area contributed by atoms with Gasteiger partial charge in [-0.15, -0.1) is 0 Å². The van der Waals surface area contributed by atoms with E-state index >= 15 is 0 Å². The molecule has 2 N–H and O–H groups in total. The van der Waals surface area contributed by atoms with Crippen LogP contribution in [-0.4, -0.2) is 63.8 Å². The number of alkyl halides is 2. The smallest absolute Gasteiger partial charge is 0.263 e. The first-order valence-corrected chi connectivity index (χ1v) is 14.9. The van der Waals surface area contributed by atoms with Gasteiger partial charge in [0, 0.05) is 45.1 Å². The van der Waals surface area contributed by atoms with Crippen molar-refractivity contribution < 1.29 is 27.7 Å². The van der Waals surface area contributed by atoms with Crippen LogP contribution in [0.4, 0.5) is 8.78 Å². The van der Waals surface area contributed by atoms with Gasteiger partial charge in [0.05, 0.1) is 0 Å². The second-order valence-corrected chi connectivity index (χ2v) is 9.89. The molecule has 228 valence electrons. The van der Waals surface area contributed by atoms with Crippen LogP contribution < -0.4 is 5.48 Å². The van der Waals surface area contributed by atoms with Gasteiger partial charge < -0.3 is 4.74 Å². The summed E-state index contributed by atoms with van der Waals surface area (Å²) in [6.45, 7) is 23.2. The maximum atomic E-state index is 12.3. The number of halogens is 2. The Bertz CT molecular complexity index is 654. The van der Waals surface area contributed by atoms with Gasteiger partial charge in [-0.2, -0.15) is 0 Å². The van der Waals surface area contributed by atoms with Gasteiger partial charge in [0.2, 0.25) is 6.43 Å². The van der Waals surface area contributed by atoms with Crippen LogP contribution in [0.1, 0.15) is 107 Å². The summed E-state index contributed by atoms with van der Waals surface area (Å²) in [6.07, 6.45) is 5.93. The first-order chi connectivity index (χ1) is 18.0. The highest BCUT2D eigenvalue weighted by Gasteiger charge is 2.41. The summed E-state index contributed by atoms with van der Waals surface area (Å²) in [5, 5.41) is 8.70. The van der Waals surface area contributed by atoms with E-state index in [0.29, 0.717) is 19.3 Å². The van der Waals surface area contributed by atoms with Crippen molar-refractivity contribution in [2.75, 3.05) is 26.8 Å². The van der Waals surface area contributed by atoms with Gasteiger partial charge in [-0.1, -0.05) is 53.7 Å². The van der Waals surface area contributed by atoms with Crippen LogP contribution in [0.15, 0.2) is 28.9 Å². The molecule has 1 rings (SSSR count). The molecule has 0 aromatic rings. The molecule has 0 saturated carbocycles. The van der Waals surface area contributed by atoms with Crippen LogP contribution in [0.25, 0.3) is 0 Å². The molecule has 38 heavy (non-hydrogen) atoms. The first kappa shape index (κ1) is 43.6. The number of rotatable bonds is 11. The van der Waals surface area contributed by atoms with Crippen LogP contribution in [0, 0.1) is 0 Å². The van der Waals surface area contributed by atoms with Gasteiger partial charge in [-0.25, -0.2) is 22.8 Å². The molecule has 0 bridgehead atoms. The third-order valence-electron chi connectivity index (χ3n) is 5.27. The molecule has 1 saturated heterocycles. The van der Waals surface area contributed by atoms with E-state index in [0.717, 1.165) is 50.2 Å². The second kappa shape index (κ2) is 30.1. The highest BCUT2D eigenvalue weighted by atomic mass is 32.2. The molecule has 2 atom stereocenters. The Hall–Kier alpha value is -1.49. The molecule has 1 aliphatic heterocycles. The topological polar surface area (TPSA) is 91.2 Å². The summed E-state index contributed by atoms with van der Waals surface area (Å²) in [5.41, 5.74) is 3.32. The fourth-order valence-electron chi connectivity index (χ4n) is 2.61. The third kappa shape index (κ3) is 22.5. The summed E-state index contributed by atoms with van der Waals surface area (Å²) < 4.78 is 41.2. The predicted octanol–water partition coefficient (Wildman–Crippen LogP) is 7.49. The fourth-order valence-corrected chi connectivity index (χ4v) is 4.22. The third-order valence-corrected chi connectivity index (χ3v) is 7.35. The maximum Gasteiger partial charge on any atom is 0.263 e. The molecule has 0 radical (unpaired) electrons. The Kier molecular flexibility index (Phi) is 34.5. The maximum absolute atomic E-state index is 12.3. The van der Waals surface area contributed by atoms with E-state index in [1.807, 2.05) is 58.8 Å². The quantitative estimate of drug-likeness (QED) is 0.153. The Morgan fingerprint density at radius 2 is 1.71 bits per heavy atom. The number of carbonyl (C=O) groups excluding carboxylic acids is 1. The van der Waals surface area contributed by atoms with Crippen molar-refractivity contribution in [3.8, 4) is 0 Å². The number of hydrogen-bond acceptors (Lipinski definition) is 5. The number of carbonyl (C=O) groups is 1. The number of ether oxygens (including phenoxy) is 1. The standard InChI is InChI=1S/C11H17F2N.C10H20N2O3S.C3H8O.2C2H6/c1-4-10(3)14-8-9(2)6-5-7-11(12)13;1-3-10(2,9(13)11-14)16(15)12-7-5-4-6-8-12;1-3-4-2;2*1-2/h4,8,11H,2,5-7H2,1,3H3;14H,3-8H2,1-2H3,(H,11,13);3H2,1-2H3;2*1-2H3/b10-4-,14-8?;;;;. The summed E-state index contributed by atoms with van der Waals surface area (Å²) in [7, 11) is 0.302. The number of amides is 1. The lowest BCUT2D eigenvalue weighted by Gasteiger charge is -2.33. The van der Waals surface area contributed by atoms with Gasteiger partial charge in [0.1, 0.15) is 15.7 Å². The number of hydroxylamine groups is 1. The molecule has 0 aromatic heterocycles. The monoisotopic (exact) mass is 569 g/mol. The normalized spacial score (nSPS) is 15.7. The van der Waals surface area contributed by atoms with Crippen molar-refractivity contribution in [2.45, 2.75) is 118 Å². The van der Waals surface area contributed by atoms with Crippen molar-refractivity contribution in [3.05, 3.63) is 23.9 Å². The molecule has 1 aliphatic rings. The summed E-state index contributed by atoms with van der Waals surface area (Å²) in [5.74, 6) is -0.570. The number of methoxy groups -OCH3 is 1. The van der Waals surface area contributed by atoms with E-state index < -0.39 is 28.1 Å². The largest absolute Gasteiger partial charge is 0.385 e. The predicted molar refractivity (Wildman–Crippen MR) is 159 cm³/mol. The summed E-state index contributed by atoms with van der Waals surface area (Å²) >= 11 is 0. The van der Waals surface area contributed by atoms with E-state index in [2.05, 4.69) is 16.3 Å². The first-order valence-electron chi connectivity index (χ1n) is 13.8. The number of piperidine rings is 1. The average Bonchev–Trinajstić information content (AvgIpc) is 2.97. The molecule has 7 nitrogen and oxygen atoms in total. The number of nitrogens with zero attached hydrogens (tertiary/aromatic N) is 2. The van der Waals surface area contributed by atoms with Crippen LogP contribution in [0.3, 0.4) is 0 Å². The molecule has 10 heteroatoms. The van der Waals surface area contributed by atoms with Crippen LogP contribution in [0.2, 0.25) is 0 Å².